The summed E-state index contributed by atoms with van der Waals surface area (Å²) in [5.74, 6) is -2.12. The monoisotopic (exact) mass is 465 g/mol. The molecule has 2 unspecified atom stereocenters. The van der Waals surface area contributed by atoms with Crippen LogP contribution in [-0.4, -0.2) is 36.2 Å². The van der Waals surface area contributed by atoms with E-state index in [-0.39, 0.29) is 52.8 Å². The molecule has 0 aliphatic heterocycles. The second-order valence-corrected chi connectivity index (χ2v) is 9.16. The van der Waals surface area contributed by atoms with Crippen molar-refractivity contribution in [1.82, 2.24) is 25.1 Å². The van der Waals surface area contributed by atoms with E-state index in [4.69, 9.17) is 4.42 Å². The first kappa shape index (κ1) is 20.9. The van der Waals surface area contributed by atoms with Crippen molar-refractivity contribution in [2.24, 2.45) is 23.7 Å². The van der Waals surface area contributed by atoms with Crippen molar-refractivity contribution in [3.8, 4) is 23.0 Å². The topological polar surface area (TPSA) is 118 Å². The molecule has 34 heavy (non-hydrogen) atoms. The third-order valence-electron chi connectivity index (χ3n) is 7.38. The Morgan fingerprint density at radius 2 is 1.97 bits per heavy atom. The quantitative estimate of drug-likeness (QED) is 0.441. The zero-order valence-electron chi connectivity index (χ0n) is 18.0. The number of H-pyrrole nitrogens is 1. The molecule has 3 saturated carbocycles. The fraction of sp³-hybridized carbons (Fsp3) is 0.375. The maximum Gasteiger partial charge on any atom is 0.307 e. The highest BCUT2D eigenvalue weighted by molar-refractivity contribution is 5.88. The molecule has 0 aromatic carbocycles. The van der Waals surface area contributed by atoms with Crippen molar-refractivity contribution in [1.29, 1.82) is 0 Å². The van der Waals surface area contributed by atoms with Gasteiger partial charge >= 0.3 is 5.97 Å². The molecule has 4 heterocycles. The van der Waals surface area contributed by atoms with Gasteiger partial charge in [0, 0.05) is 0 Å². The van der Waals surface area contributed by atoms with Gasteiger partial charge in [-0.1, -0.05) is 0 Å². The molecule has 8 nitrogen and oxygen atoms in total. The van der Waals surface area contributed by atoms with Crippen molar-refractivity contribution in [2.45, 2.75) is 32.1 Å². The zero-order chi connectivity index (χ0) is 23.4. The minimum Gasteiger partial charge on any atom is -0.481 e. The average molecular weight is 465 g/mol. The minimum absolute atomic E-state index is 0.0371. The number of carbonyl (C=O) groups is 1. The van der Waals surface area contributed by atoms with E-state index in [0.717, 1.165) is 31.9 Å². The number of hydrogen-bond acceptors (Lipinski definition) is 6. The number of carboxylic acids is 1. The number of aromatic nitrogens is 5. The number of carboxylic acid groups (broad SMARTS) is 1. The van der Waals surface area contributed by atoms with Crippen molar-refractivity contribution < 1.29 is 23.1 Å². The van der Waals surface area contributed by atoms with E-state index in [1.165, 1.54) is 12.3 Å². The smallest absolute Gasteiger partial charge is 0.307 e. The first-order valence-electron chi connectivity index (χ1n) is 11.3. The number of nitrogens with one attached hydrogen (secondary N) is 1. The second-order valence-electron chi connectivity index (χ2n) is 9.16. The van der Waals surface area contributed by atoms with Gasteiger partial charge in [0.05, 0.1) is 29.5 Å². The standard InChI is InChI=1S/C24H21F2N5O3/c25-13-8-15-20(30-31-22(15)27-10-13)23-28-16(19(26)21(29-23)17-2-1-7-34-17)9-14-11-3-5-12(6-4-11)18(14)24(32)33/h1-2,7-8,10-12,14,18H,3-6,9H2,(H,32,33)(H,27,30,31). The van der Waals surface area contributed by atoms with Gasteiger partial charge in [-0.05, 0) is 68.1 Å². The number of aliphatic carboxylic acids is 1. The number of nitrogens with zero attached hydrogens (tertiary/aromatic N) is 4. The average Bonchev–Trinajstić information content (AvgIpc) is 3.51. The van der Waals surface area contributed by atoms with E-state index in [0.29, 0.717) is 11.1 Å². The third-order valence-corrected chi connectivity index (χ3v) is 7.38. The summed E-state index contributed by atoms with van der Waals surface area (Å²) < 4.78 is 35.0. The molecule has 0 radical (unpaired) electrons. The Morgan fingerprint density at radius 1 is 1.18 bits per heavy atom. The van der Waals surface area contributed by atoms with Gasteiger partial charge < -0.3 is 9.52 Å². The van der Waals surface area contributed by atoms with E-state index in [1.807, 2.05) is 0 Å². The molecule has 0 spiro atoms. The predicted octanol–water partition coefficient (Wildman–Crippen LogP) is 4.63. The van der Waals surface area contributed by atoms with Gasteiger partial charge in [-0.2, -0.15) is 5.10 Å². The van der Waals surface area contributed by atoms with Gasteiger partial charge in [-0.15, -0.1) is 0 Å². The SMILES string of the molecule is O=C(O)C1C2CCC(CC2)C1Cc1nc(-c2[nH]nc3ncc(F)cc23)nc(-c2ccco2)c1F. The molecule has 10 heteroatoms. The van der Waals surface area contributed by atoms with Crippen LogP contribution in [0.15, 0.2) is 35.1 Å². The van der Waals surface area contributed by atoms with E-state index in [1.54, 1.807) is 12.1 Å². The van der Waals surface area contributed by atoms with E-state index in [9.17, 15) is 14.3 Å². The summed E-state index contributed by atoms with van der Waals surface area (Å²) in [4.78, 5) is 24.9. The lowest BCUT2D eigenvalue weighted by molar-refractivity contribution is -0.152. The Hall–Kier alpha value is -3.69. The Morgan fingerprint density at radius 3 is 2.71 bits per heavy atom. The lowest BCUT2D eigenvalue weighted by atomic mass is 9.57. The van der Waals surface area contributed by atoms with Gasteiger partial charge in [0.1, 0.15) is 17.2 Å². The number of rotatable bonds is 5. The third kappa shape index (κ3) is 3.36. The fourth-order valence-electron chi connectivity index (χ4n) is 5.84. The lowest BCUT2D eigenvalue weighted by Crippen LogP contribution is -2.45. The molecule has 2 atom stereocenters. The Bertz CT molecular complexity index is 1380. The molecule has 3 aliphatic carbocycles. The molecule has 0 amide bonds. The summed E-state index contributed by atoms with van der Waals surface area (Å²) >= 11 is 0. The van der Waals surface area contributed by atoms with Crippen LogP contribution in [0.1, 0.15) is 31.4 Å². The molecule has 4 aromatic rings. The number of halogens is 2. The summed E-state index contributed by atoms with van der Waals surface area (Å²) in [5.41, 5.74) is 0.661. The molecule has 2 bridgehead atoms. The Kier molecular flexibility index (Phi) is 4.89. The van der Waals surface area contributed by atoms with Gasteiger partial charge in [0.25, 0.3) is 0 Å². The van der Waals surface area contributed by atoms with Gasteiger partial charge in [0.15, 0.2) is 23.0 Å². The van der Waals surface area contributed by atoms with E-state index >= 15 is 4.39 Å². The summed E-state index contributed by atoms with van der Waals surface area (Å²) in [6.07, 6.45) is 6.33. The van der Waals surface area contributed by atoms with Crippen molar-refractivity contribution in [3.63, 3.8) is 0 Å². The van der Waals surface area contributed by atoms with Crippen LogP contribution in [0, 0.1) is 35.3 Å². The fourth-order valence-corrected chi connectivity index (χ4v) is 5.84. The van der Waals surface area contributed by atoms with Crippen LogP contribution in [0.3, 0.4) is 0 Å². The largest absolute Gasteiger partial charge is 0.481 e. The number of furan rings is 1. The highest BCUT2D eigenvalue weighted by Crippen LogP contribution is 2.50. The highest BCUT2D eigenvalue weighted by Gasteiger charge is 2.47. The lowest BCUT2D eigenvalue weighted by Gasteiger charge is -2.46. The number of fused-ring (bicyclic) bond motifs is 4. The van der Waals surface area contributed by atoms with Crippen LogP contribution in [0.4, 0.5) is 8.78 Å². The van der Waals surface area contributed by atoms with E-state index < -0.39 is 23.5 Å². The second kappa shape index (κ2) is 7.96. The first-order valence-corrected chi connectivity index (χ1v) is 11.3. The van der Waals surface area contributed by atoms with Crippen LogP contribution in [0.5, 0.6) is 0 Å². The molecule has 3 fully saturated rings. The predicted molar refractivity (Wildman–Crippen MR) is 116 cm³/mol. The molecule has 174 valence electrons. The molecule has 4 aromatic heterocycles. The van der Waals surface area contributed by atoms with Crippen molar-refractivity contribution in [3.05, 3.63) is 48.0 Å². The number of pyridine rings is 1. The molecule has 3 aliphatic rings. The first-order chi connectivity index (χ1) is 16.5. The Balaban J connectivity index is 1.49. The summed E-state index contributed by atoms with van der Waals surface area (Å²) in [7, 11) is 0. The normalized spacial score (nSPS) is 24.1. The van der Waals surface area contributed by atoms with Gasteiger partial charge in [0.2, 0.25) is 0 Å². The molecule has 0 saturated heterocycles. The molecular weight excluding hydrogens is 444 g/mol. The summed E-state index contributed by atoms with van der Waals surface area (Å²) in [6.45, 7) is 0. The van der Waals surface area contributed by atoms with Crippen molar-refractivity contribution in [2.75, 3.05) is 0 Å². The van der Waals surface area contributed by atoms with Gasteiger partial charge in [-0.25, -0.2) is 23.7 Å². The molecule has 2 N–H and O–H groups in total. The van der Waals surface area contributed by atoms with E-state index in [2.05, 4.69) is 25.1 Å². The van der Waals surface area contributed by atoms with Crippen LogP contribution < -0.4 is 0 Å². The molecule has 7 rings (SSSR count). The van der Waals surface area contributed by atoms with Crippen molar-refractivity contribution >= 4 is 17.0 Å². The number of aromatic amines is 1. The van der Waals surface area contributed by atoms with Gasteiger partial charge in [-0.3, -0.25) is 9.89 Å². The van der Waals surface area contributed by atoms with Crippen LogP contribution in [0.2, 0.25) is 0 Å². The van der Waals surface area contributed by atoms with Crippen LogP contribution in [-0.2, 0) is 11.2 Å². The summed E-state index contributed by atoms with van der Waals surface area (Å²) in [5, 5.41) is 17.2. The Labute approximate surface area is 192 Å². The van der Waals surface area contributed by atoms with Crippen LogP contribution in [0.25, 0.3) is 34.0 Å². The maximum absolute atomic E-state index is 15.7. The minimum atomic E-state index is -0.832. The maximum atomic E-state index is 15.7. The summed E-state index contributed by atoms with van der Waals surface area (Å²) in [6, 6.07) is 4.48. The zero-order valence-corrected chi connectivity index (χ0v) is 18.0. The van der Waals surface area contributed by atoms with Crippen LogP contribution >= 0.6 is 0 Å². The number of hydrogen-bond donors (Lipinski definition) is 2. The molecular formula is C24H21F2N5O3. The highest BCUT2D eigenvalue weighted by atomic mass is 19.1.